The Balaban J connectivity index is 2.21. The summed E-state index contributed by atoms with van der Waals surface area (Å²) in [5, 5.41) is 18.4. The van der Waals surface area contributed by atoms with Gasteiger partial charge in [-0.25, -0.2) is 4.79 Å². The predicted octanol–water partition coefficient (Wildman–Crippen LogP) is 1.52. The average molecular weight is 251 g/mol. The van der Waals surface area contributed by atoms with E-state index in [-0.39, 0.29) is 17.4 Å². The molecule has 0 bridgehead atoms. The number of phenols is 1. The summed E-state index contributed by atoms with van der Waals surface area (Å²) in [6.45, 7) is 1.39. The Hall–Kier alpha value is -1.59. The van der Waals surface area contributed by atoms with Crippen molar-refractivity contribution in [2.75, 3.05) is 13.2 Å². The molecule has 1 fully saturated rings. The van der Waals surface area contributed by atoms with Gasteiger partial charge >= 0.3 is 5.97 Å². The molecule has 1 aromatic rings. The zero-order chi connectivity index (χ0) is 13.1. The number of carboxylic acid groups (broad SMARTS) is 1. The van der Waals surface area contributed by atoms with Crippen molar-refractivity contribution < 1.29 is 19.7 Å². The Morgan fingerprint density at radius 2 is 2.06 bits per heavy atom. The molecular weight excluding hydrogens is 234 g/mol. The number of benzene rings is 1. The van der Waals surface area contributed by atoms with E-state index in [1.54, 1.807) is 6.07 Å². The molecule has 5 nitrogen and oxygen atoms in total. The molecule has 1 saturated heterocycles. The van der Waals surface area contributed by atoms with Gasteiger partial charge in [0.15, 0.2) is 0 Å². The van der Waals surface area contributed by atoms with E-state index in [1.807, 2.05) is 0 Å². The molecule has 1 aromatic carbocycles. The third kappa shape index (κ3) is 2.63. The molecule has 1 heterocycles. The molecule has 0 amide bonds. The monoisotopic (exact) mass is 251 g/mol. The minimum atomic E-state index is -1.14. The van der Waals surface area contributed by atoms with E-state index in [9.17, 15) is 9.90 Å². The van der Waals surface area contributed by atoms with Gasteiger partial charge in [-0.05, 0) is 36.5 Å². The summed E-state index contributed by atoms with van der Waals surface area (Å²) in [6.07, 6.45) is 1.76. The van der Waals surface area contributed by atoms with Crippen molar-refractivity contribution in [3.05, 3.63) is 29.3 Å². The van der Waals surface area contributed by atoms with Crippen molar-refractivity contribution in [1.82, 2.24) is 0 Å². The van der Waals surface area contributed by atoms with Gasteiger partial charge in [-0.1, -0.05) is 6.07 Å². The second-order valence-corrected chi connectivity index (χ2v) is 4.56. The van der Waals surface area contributed by atoms with Gasteiger partial charge in [0.2, 0.25) is 0 Å². The quantitative estimate of drug-likeness (QED) is 0.757. The minimum Gasteiger partial charge on any atom is -0.507 e. The van der Waals surface area contributed by atoms with Crippen LogP contribution in [0.5, 0.6) is 5.75 Å². The molecular formula is C13H17NO4. The van der Waals surface area contributed by atoms with Crippen LogP contribution in [0.4, 0.5) is 0 Å². The van der Waals surface area contributed by atoms with E-state index < -0.39 is 5.97 Å². The Morgan fingerprint density at radius 1 is 1.39 bits per heavy atom. The highest BCUT2D eigenvalue weighted by atomic mass is 16.5. The smallest absolute Gasteiger partial charge is 0.339 e. The van der Waals surface area contributed by atoms with Crippen LogP contribution in [-0.2, 0) is 4.74 Å². The van der Waals surface area contributed by atoms with Gasteiger partial charge in [0.25, 0.3) is 0 Å². The Kier molecular flexibility index (Phi) is 3.84. The standard InChI is InChI=1S/C13H17NO4/c14-12(8-3-5-18-6-4-8)9-1-2-11(15)10(7-9)13(16)17/h1-2,7-8,12,15H,3-6,14H2,(H,16,17)/t12-/m0/s1. The fourth-order valence-electron chi connectivity index (χ4n) is 2.28. The zero-order valence-electron chi connectivity index (χ0n) is 10.0. The van der Waals surface area contributed by atoms with Crippen LogP contribution in [0.25, 0.3) is 0 Å². The van der Waals surface area contributed by atoms with E-state index in [0.29, 0.717) is 19.1 Å². The molecule has 1 aliphatic heterocycles. The summed E-state index contributed by atoms with van der Waals surface area (Å²) in [6, 6.07) is 4.31. The number of carboxylic acids is 1. The number of carbonyl (C=O) groups is 1. The highest BCUT2D eigenvalue weighted by Crippen LogP contribution is 2.30. The molecule has 1 atom stereocenters. The number of rotatable bonds is 3. The Labute approximate surface area is 105 Å². The first-order valence-electron chi connectivity index (χ1n) is 5.99. The summed E-state index contributed by atoms with van der Waals surface area (Å²) in [5.74, 6) is -1.08. The summed E-state index contributed by atoms with van der Waals surface area (Å²) in [5.41, 5.74) is 6.80. The van der Waals surface area contributed by atoms with Gasteiger partial charge in [0, 0.05) is 19.3 Å². The van der Waals surface area contributed by atoms with Crippen molar-refractivity contribution in [2.45, 2.75) is 18.9 Å². The molecule has 0 spiro atoms. The minimum absolute atomic E-state index is 0.102. The van der Waals surface area contributed by atoms with Gasteiger partial charge < -0.3 is 20.7 Å². The van der Waals surface area contributed by atoms with Gasteiger partial charge in [-0.3, -0.25) is 0 Å². The third-order valence-electron chi connectivity index (χ3n) is 3.41. The van der Waals surface area contributed by atoms with Gasteiger partial charge in [-0.2, -0.15) is 0 Å². The molecule has 4 N–H and O–H groups in total. The normalized spacial score (nSPS) is 18.5. The first-order valence-corrected chi connectivity index (χ1v) is 5.99. The summed E-state index contributed by atoms with van der Waals surface area (Å²) in [4.78, 5) is 11.0. The van der Waals surface area contributed by atoms with Gasteiger partial charge in [-0.15, -0.1) is 0 Å². The van der Waals surface area contributed by atoms with Crippen molar-refractivity contribution in [3.8, 4) is 5.75 Å². The highest BCUT2D eigenvalue weighted by molar-refractivity contribution is 5.90. The maximum atomic E-state index is 11.0. The molecule has 1 aliphatic rings. The lowest BCUT2D eigenvalue weighted by Crippen LogP contribution is -2.27. The Morgan fingerprint density at radius 3 is 2.67 bits per heavy atom. The molecule has 0 radical (unpaired) electrons. The van der Waals surface area contributed by atoms with Gasteiger partial charge in [0.1, 0.15) is 11.3 Å². The van der Waals surface area contributed by atoms with Crippen molar-refractivity contribution in [1.29, 1.82) is 0 Å². The highest BCUT2D eigenvalue weighted by Gasteiger charge is 2.23. The van der Waals surface area contributed by atoms with Crippen LogP contribution in [0.2, 0.25) is 0 Å². The first-order chi connectivity index (χ1) is 8.59. The van der Waals surface area contributed by atoms with E-state index in [4.69, 9.17) is 15.6 Å². The van der Waals surface area contributed by atoms with E-state index in [2.05, 4.69) is 0 Å². The Bertz CT molecular complexity index is 441. The van der Waals surface area contributed by atoms with Crippen molar-refractivity contribution in [2.24, 2.45) is 11.7 Å². The fraction of sp³-hybridized carbons (Fsp3) is 0.462. The second-order valence-electron chi connectivity index (χ2n) is 4.56. The van der Waals surface area contributed by atoms with Crippen LogP contribution in [0.3, 0.4) is 0 Å². The summed E-state index contributed by atoms with van der Waals surface area (Å²) >= 11 is 0. The molecule has 5 heteroatoms. The van der Waals surface area contributed by atoms with E-state index >= 15 is 0 Å². The number of ether oxygens (including phenoxy) is 1. The number of nitrogens with two attached hydrogens (primary N) is 1. The van der Waals surface area contributed by atoms with E-state index in [1.165, 1.54) is 12.1 Å². The fourth-order valence-corrected chi connectivity index (χ4v) is 2.28. The average Bonchev–Trinajstić information content (AvgIpc) is 2.39. The lowest BCUT2D eigenvalue weighted by molar-refractivity contribution is 0.0582. The van der Waals surface area contributed by atoms with Crippen LogP contribution in [0.15, 0.2) is 18.2 Å². The van der Waals surface area contributed by atoms with E-state index in [0.717, 1.165) is 18.4 Å². The number of hydrogen-bond acceptors (Lipinski definition) is 4. The van der Waals surface area contributed by atoms with Crippen molar-refractivity contribution in [3.63, 3.8) is 0 Å². The summed E-state index contributed by atoms with van der Waals surface area (Å²) in [7, 11) is 0. The van der Waals surface area contributed by atoms with Crippen LogP contribution < -0.4 is 5.73 Å². The molecule has 0 unspecified atom stereocenters. The summed E-state index contributed by atoms with van der Waals surface area (Å²) < 4.78 is 5.28. The number of hydrogen-bond donors (Lipinski definition) is 3. The predicted molar refractivity (Wildman–Crippen MR) is 65.5 cm³/mol. The molecule has 0 aliphatic carbocycles. The number of aromatic carboxylic acids is 1. The van der Waals surface area contributed by atoms with Crippen LogP contribution >= 0.6 is 0 Å². The lowest BCUT2D eigenvalue weighted by Gasteiger charge is -2.28. The molecule has 0 saturated carbocycles. The molecule has 98 valence electrons. The van der Waals surface area contributed by atoms with Crippen LogP contribution in [-0.4, -0.2) is 29.4 Å². The maximum Gasteiger partial charge on any atom is 0.339 e. The molecule has 2 rings (SSSR count). The SMILES string of the molecule is N[C@H](c1ccc(O)c(C(=O)O)c1)C1CCOCC1. The van der Waals surface area contributed by atoms with Crippen molar-refractivity contribution >= 4 is 5.97 Å². The maximum absolute atomic E-state index is 11.0. The van der Waals surface area contributed by atoms with Gasteiger partial charge in [0.05, 0.1) is 0 Å². The third-order valence-corrected chi connectivity index (χ3v) is 3.41. The zero-order valence-corrected chi connectivity index (χ0v) is 10.0. The molecule has 0 aromatic heterocycles. The topological polar surface area (TPSA) is 92.8 Å². The molecule has 18 heavy (non-hydrogen) atoms. The lowest BCUT2D eigenvalue weighted by atomic mass is 9.87. The van der Waals surface area contributed by atoms with Crippen LogP contribution in [0, 0.1) is 5.92 Å². The number of aromatic hydroxyl groups is 1. The largest absolute Gasteiger partial charge is 0.507 e. The van der Waals surface area contributed by atoms with Crippen LogP contribution in [0.1, 0.15) is 34.8 Å². The first kappa shape index (κ1) is 12.9. The second kappa shape index (κ2) is 5.37.